The Kier molecular flexibility index (Phi) is 7.28. The average molecular weight is 376 g/mol. The standard InChI is InChI=1S/C19H21NO3S2/c1-4-11-20(2)19(21)18(25-13-24)12-16-9-10-17(23-16)14-5-7-15(22-3)8-6-14/h5-10,12-13H,4,11H2,1-3H3/b18-12-. The van der Waals surface area contributed by atoms with E-state index < -0.39 is 0 Å². The second-order valence-electron chi connectivity index (χ2n) is 5.38. The number of hydrogen-bond donors (Lipinski definition) is 0. The summed E-state index contributed by atoms with van der Waals surface area (Å²) in [5, 5.41) is 0. The first-order valence-electron chi connectivity index (χ1n) is 7.90. The Morgan fingerprint density at radius 3 is 2.60 bits per heavy atom. The maximum atomic E-state index is 12.5. The van der Waals surface area contributed by atoms with Crippen molar-refractivity contribution in [2.45, 2.75) is 13.3 Å². The number of carbonyl (C=O) groups excluding carboxylic acids is 1. The van der Waals surface area contributed by atoms with Crippen LogP contribution in [0.3, 0.4) is 0 Å². The second kappa shape index (κ2) is 9.44. The first kappa shape index (κ1) is 19.3. The van der Waals surface area contributed by atoms with Crippen LogP contribution in [0.1, 0.15) is 19.1 Å². The maximum Gasteiger partial charge on any atom is 0.260 e. The van der Waals surface area contributed by atoms with Crippen LogP contribution in [0.15, 0.2) is 45.7 Å². The summed E-state index contributed by atoms with van der Waals surface area (Å²) < 4.78 is 12.5. The number of hydrogen-bond acceptors (Lipinski definition) is 5. The third-order valence-corrected chi connectivity index (χ3v) is 4.50. The molecule has 0 bridgehead atoms. The van der Waals surface area contributed by atoms with Crippen LogP contribution >= 0.6 is 24.0 Å². The molecular formula is C19H21NO3S2. The summed E-state index contributed by atoms with van der Waals surface area (Å²) in [6.45, 7) is 2.73. The average Bonchev–Trinajstić information content (AvgIpc) is 3.09. The van der Waals surface area contributed by atoms with Gasteiger partial charge in [0.25, 0.3) is 5.91 Å². The highest BCUT2D eigenvalue weighted by Gasteiger charge is 2.15. The fraction of sp³-hybridized carbons (Fsp3) is 0.263. The molecule has 132 valence electrons. The van der Waals surface area contributed by atoms with Gasteiger partial charge in [-0.05, 0) is 42.8 Å². The molecule has 1 heterocycles. The van der Waals surface area contributed by atoms with E-state index in [4.69, 9.17) is 21.4 Å². The number of carbonyl (C=O) groups is 1. The van der Waals surface area contributed by atoms with Gasteiger partial charge in [0.2, 0.25) is 0 Å². The molecule has 4 nitrogen and oxygen atoms in total. The van der Waals surface area contributed by atoms with E-state index in [1.54, 1.807) is 25.1 Å². The number of benzene rings is 1. The molecule has 0 atom stereocenters. The lowest BCUT2D eigenvalue weighted by Gasteiger charge is -2.16. The molecule has 25 heavy (non-hydrogen) atoms. The smallest absolute Gasteiger partial charge is 0.260 e. The largest absolute Gasteiger partial charge is 0.497 e. The van der Waals surface area contributed by atoms with Gasteiger partial charge in [0.1, 0.15) is 17.3 Å². The van der Waals surface area contributed by atoms with Gasteiger partial charge in [-0.1, -0.05) is 30.9 Å². The van der Waals surface area contributed by atoms with Crippen molar-refractivity contribution < 1.29 is 13.9 Å². The molecular weight excluding hydrogens is 354 g/mol. The van der Waals surface area contributed by atoms with Crippen molar-refractivity contribution in [2.24, 2.45) is 0 Å². The Balaban J connectivity index is 2.23. The highest BCUT2D eigenvalue weighted by atomic mass is 32.2. The molecule has 0 saturated heterocycles. The molecule has 0 unspecified atom stereocenters. The van der Waals surface area contributed by atoms with Crippen molar-refractivity contribution in [1.29, 1.82) is 0 Å². The summed E-state index contributed by atoms with van der Waals surface area (Å²) in [7, 11) is 3.42. The Morgan fingerprint density at radius 1 is 1.28 bits per heavy atom. The SMILES string of the molecule is CCCN(C)C(=O)/C(=C/c1ccc(-c2ccc(OC)cc2)o1)SC=S. The molecule has 2 rings (SSSR count). The predicted octanol–water partition coefficient (Wildman–Crippen LogP) is 4.85. The first-order valence-corrected chi connectivity index (χ1v) is 9.25. The van der Waals surface area contributed by atoms with Gasteiger partial charge in [0, 0.05) is 29.9 Å². The second-order valence-corrected chi connectivity index (χ2v) is 6.83. The highest BCUT2D eigenvalue weighted by molar-refractivity contribution is 8.24. The molecule has 1 amide bonds. The van der Waals surface area contributed by atoms with Gasteiger partial charge in [0.15, 0.2) is 0 Å². The summed E-state index contributed by atoms with van der Waals surface area (Å²) in [4.78, 5) is 14.7. The van der Waals surface area contributed by atoms with E-state index in [1.807, 2.05) is 43.3 Å². The normalized spacial score (nSPS) is 11.2. The molecule has 0 aliphatic heterocycles. The van der Waals surface area contributed by atoms with Crippen LogP contribution in [0.4, 0.5) is 0 Å². The summed E-state index contributed by atoms with van der Waals surface area (Å²) in [6.07, 6.45) is 2.63. The highest BCUT2D eigenvalue weighted by Crippen LogP contribution is 2.27. The quantitative estimate of drug-likeness (QED) is 0.487. The summed E-state index contributed by atoms with van der Waals surface area (Å²) >= 11 is 6.13. The van der Waals surface area contributed by atoms with Crippen LogP contribution in [0.25, 0.3) is 17.4 Å². The van der Waals surface area contributed by atoms with Crippen molar-refractivity contribution in [3.05, 3.63) is 47.1 Å². The van der Waals surface area contributed by atoms with Gasteiger partial charge < -0.3 is 14.1 Å². The number of ether oxygens (including phenoxy) is 1. The van der Waals surface area contributed by atoms with Crippen LogP contribution in [-0.4, -0.2) is 36.2 Å². The number of rotatable bonds is 8. The number of furan rings is 1. The van der Waals surface area contributed by atoms with Crippen LogP contribution < -0.4 is 4.74 Å². The Morgan fingerprint density at radius 2 is 2.00 bits per heavy atom. The molecule has 0 saturated carbocycles. The van der Waals surface area contributed by atoms with Crippen molar-refractivity contribution in [3.8, 4) is 17.1 Å². The van der Waals surface area contributed by atoms with Crippen molar-refractivity contribution in [2.75, 3.05) is 20.7 Å². The first-order chi connectivity index (χ1) is 12.1. The zero-order valence-corrected chi connectivity index (χ0v) is 16.2. The predicted molar refractivity (Wildman–Crippen MR) is 108 cm³/mol. The van der Waals surface area contributed by atoms with Crippen molar-refractivity contribution in [1.82, 2.24) is 4.90 Å². The van der Waals surface area contributed by atoms with E-state index in [0.29, 0.717) is 17.2 Å². The molecule has 1 aromatic carbocycles. The van der Waals surface area contributed by atoms with E-state index in [9.17, 15) is 4.79 Å². The van der Waals surface area contributed by atoms with Crippen LogP contribution in [-0.2, 0) is 4.79 Å². The number of amides is 1. The third kappa shape index (κ3) is 5.21. The van der Waals surface area contributed by atoms with Gasteiger partial charge in [0.05, 0.1) is 12.0 Å². The number of thiocarbonyl (C=S) groups is 1. The molecule has 0 N–H and O–H groups in total. The van der Waals surface area contributed by atoms with Gasteiger partial charge >= 0.3 is 0 Å². The number of methoxy groups -OCH3 is 1. The fourth-order valence-electron chi connectivity index (χ4n) is 2.29. The zero-order chi connectivity index (χ0) is 18.2. The third-order valence-electron chi connectivity index (χ3n) is 3.57. The van der Waals surface area contributed by atoms with E-state index in [1.165, 1.54) is 16.5 Å². The molecule has 6 heteroatoms. The molecule has 0 radical (unpaired) electrons. The monoisotopic (exact) mass is 375 g/mol. The summed E-state index contributed by atoms with van der Waals surface area (Å²) in [5.74, 6) is 2.08. The fourth-order valence-corrected chi connectivity index (χ4v) is 3.15. The zero-order valence-electron chi connectivity index (χ0n) is 14.5. The molecule has 0 spiro atoms. The van der Waals surface area contributed by atoms with E-state index >= 15 is 0 Å². The van der Waals surface area contributed by atoms with Crippen LogP contribution in [0.2, 0.25) is 0 Å². The molecule has 2 aromatic rings. The van der Waals surface area contributed by atoms with E-state index in [2.05, 4.69) is 0 Å². The minimum atomic E-state index is -0.0599. The Bertz CT molecular complexity index is 750. The van der Waals surface area contributed by atoms with Gasteiger partial charge in [-0.3, -0.25) is 4.79 Å². The lowest BCUT2D eigenvalue weighted by Crippen LogP contribution is -2.27. The van der Waals surface area contributed by atoms with Gasteiger partial charge in [-0.2, -0.15) is 0 Å². The van der Waals surface area contributed by atoms with E-state index in [-0.39, 0.29) is 5.91 Å². The lowest BCUT2D eigenvalue weighted by atomic mass is 10.2. The molecule has 0 aliphatic rings. The minimum Gasteiger partial charge on any atom is -0.497 e. The van der Waals surface area contributed by atoms with Gasteiger partial charge in [-0.15, -0.1) is 0 Å². The van der Waals surface area contributed by atoms with Crippen LogP contribution in [0.5, 0.6) is 5.75 Å². The Hall–Kier alpha value is -2.05. The van der Waals surface area contributed by atoms with Crippen LogP contribution in [0, 0.1) is 0 Å². The minimum absolute atomic E-state index is 0.0599. The lowest BCUT2D eigenvalue weighted by molar-refractivity contribution is -0.125. The van der Waals surface area contributed by atoms with E-state index in [0.717, 1.165) is 23.5 Å². The Labute approximate surface area is 157 Å². The molecule has 0 aliphatic carbocycles. The summed E-state index contributed by atoms with van der Waals surface area (Å²) in [5.41, 5.74) is 0.943. The van der Waals surface area contributed by atoms with Gasteiger partial charge in [-0.25, -0.2) is 0 Å². The van der Waals surface area contributed by atoms with Crippen molar-refractivity contribution >= 4 is 40.7 Å². The number of thioether (sulfide) groups is 1. The number of nitrogens with zero attached hydrogens (tertiary/aromatic N) is 1. The van der Waals surface area contributed by atoms with Crippen molar-refractivity contribution in [3.63, 3.8) is 0 Å². The maximum absolute atomic E-state index is 12.5. The molecule has 0 fully saturated rings. The summed E-state index contributed by atoms with van der Waals surface area (Å²) in [6, 6.07) is 11.3. The molecule has 1 aromatic heterocycles. The number of likely N-dealkylation sites (N-methyl/N-ethyl adjacent to an activating group) is 1. The topological polar surface area (TPSA) is 42.7 Å².